The molecule has 1 aliphatic rings. The van der Waals surface area contributed by atoms with E-state index in [4.69, 9.17) is 0 Å². The van der Waals surface area contributed by atoms with Gasteiger partial charge in [0.2, 0.25) is 5.91 Å². The Kier molecular flexibility index (Phi) is 6.80. The Morgan fingerprint density at radius 2 is 1.78 bits per heavy atom. The predicted octanol–water partition coefficient (Wildman–Crippen LogP) is 3.50. The molecule has 0 aliphatic carbocycles. The van der Waals surface area contributed by atoms with Crippen molar-refractivity contribution in [3.05, 3.63) is 59.7 Å². The van der Waals surface area contributed by atoms with E-state index in [1.54, 1.807) is 11.8 Å². The summed E-state index contributed by atoms with van der Waals surface area (Å²) in [7, 11) is 2.02. The summed E-state index contributed by atoms with van der Waals surface area (Å²) in [5.74, 6) is 0.224. The van der Waals surface area contributed by atoms with Crippen molar-refractivity contribution in [1.82, 2.24) is 9.80 Å². The van der Waals surface area contributed by atoms with Gasteiger partial charge in [-0.25, -0.2) is 0 Å². The van der Waals surface area contributed by atoms with Gasteiger partial charge in [-0.3, -0.25) is 9.69 Å². The molecule has 0 unspecified atom stereocenters. The number of anilines is 1. The molecule has 0 radical (unpaired) electrons. The summed E-state index contributed by atoms with van der Waals surface area (Å²) in [5, 5.41) is 0. The van der Waals surface area contributed by atoms with Gasteiger partial charge in [0.05, 0.1) is 6.54 Å². The second-order valence-electron chi connectivity index (χ2n) is 7.23. The SMILES string of the molecule is CSc1ccc(CN(C)CC(=O)N2CCN(c3cccc(C)c3)CC2)cc1. The van der Waals surface area contributed by atoms with E-state index < -0.39 is 0 Å². The molecule has 0 aromatic heterocycles. The van der Waals surface area contributed by atoms with Crippen LogP contribution >= 0.6 is 11.8 Å². The minimum atomic E-state index is 0.224. The van der Waals surface area contributed by atoms with Crippen molar-refractivity contribution in [2.75, 3.05) is 50.9 Å². The van der Waals surface area contributed by atoms with Gasteiger partial charge in [-0.1, -0.05) is 24.3 Å². The number of amides is 1. The third kappa shape index (κ3) is 5.50. The highest BCUT2D eigenvalue weighted by molar-refractivity contribution is 7.98. The fraction of sp³-hybridized carbons (Fsp3) is 0.409. The zero-order valence-electron chi connectivity index (χ0n) is 16.5. The summed E-state index contributed by atoms with van der Waals surface area (Å²) in [4.78, 5) is 20.4. The standard InChI is InChI=1S/C22H29N3OS/c1-18-5-4-6-20(15-18)24-11-13-25(14-12-24)22(26)17-23(2)16-19-7-9-21(27-3)10-8-19/h4-10,15H,11-14,16-17H2,1-3H3. The zero-order chi connectivity index (χ0) is 19.2. The van der Waals surface area contributed by atoms with Crippen LogP contribution in [-0.4, -0.2) is 61.7 Å². The molecule has 2 aromatic rings. The van der Waals surface area contributed by atoms with Crippen LogP contribution in [0.2, 0.25) is 0 Å². The molecule has 3 rings (SSSR count). The van der Waals surface area contributed by atoms with Gasteiger partial charge in [0.1, 0.15) is 0 Å². The van der Waals surface area contributed by atoms with Crippen LogP contribution in [0.5, 0.6) is 0 Å². The van der Waals surface area contributed by atoms with E-state index in [1.807, 2.05) is 11.9 Å². The van der Waals surface area contributed by atoms with Gasteiger partial charge in [0.25, 0.3) is 0 Å². The number of benzene rings is 2. The lowest BCUT2D eigenvalue weighted by Gasteiger charge is -2.37. The second kappa shape index (κ2) is 9.29. The predicted molar refractivity (Wildman–Crippen MR) is 115 cm³/mol. The van der Waals surface area contributed by atoms with Crippen molar-refractivity contribution in [3.8, 4) is 0 Å². The highest BCUT2D eigenvalue weighted by atomic mass is 32.2. The van der Waals surface area contributed by atoms with Crippen LogP contribution in [0.4, 0.5) is 5.69 Å². The molecule has 1 amide bonds. The molecule has 1 heterocycles. The molecule has 0 bridgehead atoms. The molecule has 0 saturated carbocycles. The Morgan fingerprint density at radius 1 is 1.07 bits per heavy atom. The molecule has 5 heteroatoms. The van der Waals surface area contributed by atoms with Crippen molar-refractivity contribution < 1.29 is 4.79 Å². The number of piperazine rings is 1. The van der Waals surface area contributed by atoms with Crippen LogP contribution in [0.1, 0.15) is 11.1 Å². The Balaban J connectivity index is 1.47. The molecule has 27 heavy (non-hydrogen) atoms. The van der Waals surface area contributed by atoms with Crippen LogP contribution in [0.15, 0.2) is 53.4 Å². The van der Waals surface area contributed by atoms with Crippen LogP contribution < -0.4 is 4.90 Å². The molecule has 1 aliphatic heterocycles. The fourth-order valence-electron chi connectivity index (χ4n) is 3.47. The van der Waals surface area contributed by atoms with Crippen molar-refractivity contribution in [2.24, 2.45) is 0 Å². The molecular formula is C22H29N3OS. The third-order valence-corrected chi connectivity index (χ3v) is 5.76. The van der Waals surface area contributed by atoms with Crippen LogP contribution in [-0.2, 0) is 11.3 Å². The number of aryl methyl sites for hydroxylation is 1. The molecule has 0 spiro atoms. The minimum Gasteiger partial charge on any atom is -0.368 e. The van der Waals surface area contributed by atoms with Gasteiger partial charge >= 0.3 is 0 Å². The molecule has 0 atom stereocenters. The summed E-state index contributed by atoms with van der Waals surface area (Å²) >= 11 is 1.75. The molecule has 2 aromatic carbocycles. The molecule has 144 valence electrons. The molecular weight excluding hydrogens is 354 g/mol. The first-order valence-electron chi connectivity index (χ1n) is 9.46. The number of thioether (sulfide) groups is 1. The van der Waals surface area contributed by atoms with Gasteiger partial charge < -0.3 is 9.80 Å². The normalized spacial score (nSPS) is 14.7. The molecule has 1 fully saturated rings. The van der Waals surface area contributed by atoms with Crippen LogP contribution in [0.25, 0.3) is 0 Å². The molecule has 4 nitrogen and oxygen atoms in total. The number of hydrogen-bond acceptors (Lipinski definition) is 4. The maximum atomic E-state index is 12.7. The summed E-state index contributed by atoms with van der Waals surface area (Å²) < 4.78 is 0. The smallest absolute Gasteiger partial charge is 0.236 e. The molecule has 1 saturated heterocycles. The average molecular weight is 384 g/mol. The van der Waals surface area contributed by atoms with E-state index in [1.165, 1.54) is 21.7 Å². The van der Waals surface area contributed by atoms with Gasteiger partial charge in [-0.15, -0.1) is 11.8 Å². The average Bonchev–Trinajstić information content (AvgIpc) is 2.68. The van der Waals surface area contributed by atoms with E-state index in [9.17, 15) is 4.79 Å². The summed E-state index contributed by atoms with van der Waals surface area (Å²) in [6.45, 7) is 6.77. The Morgan fingerprint density at radius 3 is 2.41 bits per heavy atom. The maximum Gasteiger partial charge on any atom is 0.236 e. The highest BCUT2D eigenvalue weighted by Gasteiger charge is 2.22. The van der Waals surface area contributed by atoms with E-state index in [-0.39, 0.29) is 5.91 Å². The lowest BCUT2D eigenvalue weighted by atomic mass is 10.2. The van der Waals surface area contributed by atoms with Crippen LogP contribution in [0, 0.1) is 6.92 Å². The van der Waals surface area contributed by atoms with Crippen molar-refractivity contribution in [1.29, 1.82) is 0 Å². The second-order valence-corrected chi connectivity index (χ2v) is 8.11. The third-order valence-electron chi connectivity index (χ3n) is 5.02. The van der Waals surface area contributed by atoms with E-state index in [0.717, 1.165) is 32.7 Å². The quantitative estimate of drug-likeness (QED) is 0.714. The number of nitrogens with zero attached hydrogens (tertiary/aromatic N) is 3. The Hall–Kier alpha value is -1.98. The van der Waals surface area contributed by atoms with Gasteiger partial charge in [0.15, 0.2) is 0 Å². The first-order valence-corrected chi connectivity index (χ1v) is 10.7. The van der Waals surface area contributed by atoms with Gasteiger partial charge in [-0.2, -0.15) is 0 Å². The van der Waals surface area contributed by atoms with Crippen molar-refractivity contribution in [3.63, 3.8) is 0 Å². The number of hydrogen-bond donors (Lipinski definition) is 0. The Bertz CT molecular complexity index is 754. The van der Waals surface area contributed by atoms with Crippen molar-refractivity contribution in [2.45, 2.75) is 18.4 Å². The summed E-state index contributed by atoms with van der Waals surface area (Å²) in [5.41, 5.74) is 3.78. The lowest BCUT2D eigenvalue weighted by Crippen LogP contribution is -2.51. The number of carbonyl (C=O) groups excluding carboxylic acids is 1. The number of likely N-dealkylation sites (N-methyl/N-ethyl adjacent to an activating group) is 1. The number of rotatable bonds is 6. The lowest BCUT2D eigenvalue weighted by molar-refractivity contribution is -0.132. The first kappa shape index (κ1) is 19.8. The van der Waals surface area contributed by atoms with Crippen molar-refractivity contribution >= 4 is 23.4 Å². The summed E-state index contributed by atoms with van der Waals surface area (Å²) in [6, 6.07) is 17.2. The van der Waals surface area contributed by atoms with E-state index in [2.05, 4.69) is 71.5 Å². The molecule has 0 N–H and O–H groups in total. The van der Waals surface area contributed by atoms with E-state index in [0.29, 0.717) is 6.54 Å². The maximum absolute atomic E-state index is 12.7. The topological polar surface area (TPSA) is 26.8 Å². The van der Waals surface area contributed by atoms with Gasteiger partial charge in [0, 0.05) is 43.3 Å². The Labute approximate surface area is 167 Å². The number of carbonyl (C=O) groups is 1. The highest BCUT2D eigenvalue weighted by Crippen LogP contribution is 2.18. The largest absolute Gasteiger partial charge is 0.368 e. The zero-order valence-corrected chi connectivity index (χ0v) is 17.3. The monoisotopic (exact) mass is 383 g/mol. The fourth-order valence-corrected chi connectivity index (χ4v) is 3.88. The van der Waals surface area contributed by atoms with Crippen LogP contribution in [0.3, 0.4) is 0 Å². The van der Waals surface area contributed by atoms with E-state index >= 15 is 0 Å². The first-order chi connectivity index (χ1) is 13.0. The van der Waals surface area contributed by atoms with Gasteiger partial charge in [-0.05, 0) is 55.6 Å². The minimum absolute atomic E-state index is 0.224. The summed E-state index contributed by atoms with van der Waals surface area (Å²) in [6.07, 6.45) is 2.08.